The van der Waals surface area contributed by atoms with Gasteiger partial charge in [0.15, 0.2) is 5.13 Å². The fourth-order valence-corrected chi connectivity index (χ4v) is 4.94. The van der Waals surface area contributed by atoms with Gasteiger partial charge in [0.05, 0.1) is 16.8 Å². The van der Waals surface area contributed by atoms with Gasteiger partial charge in [0, 0.05) is 19.0 Å². The Labute approximate surface area is 184 Å². The van der Waals surface area contributed by atoms with Crippen LogP contribution in [0.3, 0.4) is 0 Å². The summed E-state index contributed by atoms with van der Waals surface area (Å²) in [5.41, 5.74) is 0.938. The van der Waals surface area contributed by atoms with Gasteiger partial charge in [-0.2, -0.15) is 0 Å². The average molecular weight is 440 g/mol. The van der Waals surface area contributed by atoms with Crippen molar-refractivity contribution in [1.82, 2.24) is 9.88 Å². The second kappa shape index (κ2) is 11.7. The van der Waals surface area contributed by atoms with Crippen LogP contribution in [0.25, 0.3) is 10.2 Å². The molecule has 1 aliphatic rings. The number of carbonyl (C=O) groups is 1. The van der Waals surface area contributed by atoms with Crippen LogP contribution in [0.2, 0.25) is 0 Å². The molecule has 2 aromatic rings. The van der Waals surface area contributed by atoms with E-state index in [1.807, 2.05) is 30.0 Å². The number of carbonyl (C=O) groups excluding carboxylic acids is 1. The molecule has 0 radical (unpaired) electrons. The van der Waals surface area contributed by atoms with Crippen molar-refractivity contribution in [3.05, 3.63) is 18.2 Å². The van der Waals surface area contributed by atoms with E-state index in [9.17, 15) is 4.79 Å². The molecule has 5 nitrogen and oxygen atoms in total. The minimum atomic E-state index is 0. The first-order chi connectivity index (χ1) is 13.7. The van der Waals surface area contributed by atoms with Crippen molar-refractivity contribution >= 4 is 45.0 Å². The molecule has 7 heteroatoms. The SMILES string of the molecule is CCOc1ccc2nc(N(CCN(CC)CC)C(=O)C3CCCCC3)sc2c1.Cl. The van der Waals surface area contributed by atoms with Crippen LogP contribution in [0.5, 0.6) is 5.75 Å². The van der Waals surface area contributed by atoms with Crippen molar-refractivity contribution in [3.8, 4) is 5.75 Å². The maximum atomic E-state index is 13.4. The third-order valence-electron chi connectivity index (χ3n) is 5.65. The standard InChI is InChI=1S/C22H33N3O2S.ClH/c1-4-24(5-2)14-15-25(21(26)17-10-8-7-9-11-17)22-23-19-13-12-18(27-6-3)16-20(19)28-22;/h12-13,16-17H,4-11,14-15H2,1-3H3;1H. The molecule has 0 saturated heterocycles. The normalized spacial score (nSPS) is 14.8. The summed E-state index contributed by atoms with van der Waals surface area (Å²) in [6, 6.07) is 5.99. The van der Waals surface area contributed by atoms with Crippen LogP contribution >= 0.6 is 23.7 Å². The van der Waals surface area contributed by atoms with Crippen LogP contribution in [0, 0.1) is 5.92 Å². The summed E-state index contributed by atoms with van der Waals surface area (Å²) in [6.07, 6.45) is 5.61. The molecular formula is C22H34ClN3O2S. The minimum absolute atomic E-state index is 0. The van der Waals surface area contributed by atoms with Gasteiger partial charge in [0.25, 0.3) is 0 Å². The smallest absolute Gasteiger partial charge is 0.231 e. The summed E-state index contributed by atoms with van der Waals surface area (Å²) >= 11 is 1.60. The number of nitrogens with zero attached hydrogens (tertiary/aromatic N) is 3. The molecule has 1 fully saturated rings. The van der Waals surface area contributed by atoms with Gasteiger partial charge in [-0.25, -0.2) is 4.98 Å². The molecule has 0 bridgehead atoms. The van der Waals surface area contributed by atoms with E-state index in [-0.39, 0.29) is 24.2 Å². The third-order valence-corrected chi connectivity index (χ3v) is 6.69. The highest BCUT2D eigenvalue weighted by Crippen LogP contribution is 2.34. The monoisotopic (exact) mass is 439 g/mol. The van der Waals surface area contributed by atoms with E-state index in [2.05, 4.69) is 18.7 Å². The second-order valence-corrected chi connectivity index (χ2v) is 8.42. The number of anilines is 1. The molecule has 0 atom stereocenters. The molecular weight excluding hydrogens is 406 g/mol. The summed E-state index contributed by atoms with van der Waals surface area (Å²) in [5.74, 6) is 1.27. The first-order valence-electron chi connectivity index (χ1n) is 10.7. The third kappa shape index (κ3) is 6.06. The molecule has 0 spiro atoms. The molecule has 0 aliphatic heterocycles. The summed E-state index contributed by atoms with van der Waals surface area (Å²) in [7, 11) is 0. The van der Waals surface area contributed by atoms with Crippen molar-refractivity contribution in [2.24, 2.45) is 5.92 Å². The number of aromatic nitrogens is 1. The van der Waals surface area contributed by atoms with Gasteiger partial charge in [0.1, 0.15) is 5.75 Å². The number of benzene rings is 1. The number of rotatable bonds is 9. The fraction of sp³-hybridized carbons (Fsp3) is 0.636. The molecule has 1 amide bonds. The Morgan fingerprint density at radius 2 is 1.86 bits per heavy atom. The first kappa shape index (κ1) is 23.9. The zero-order valence-corrected chi connectivity index (χ0v) is 19.5. The van der Waals surface area contributed by atoms with Crippen LogP contribution < -0.4 is 9.64 Å². The Morgan fingerprint density at radius 3 is 2.52 bits per heavy atom. The number of halogens is 1. The van der Waals surface area contributed by atoms with E-state index in [0.29, 0.717) is 13.2 Å². The summed E-state index contributed by atoms with van der Waals surface area (Å²) in [6.45, 7) is 10.6. The number of ether oxygens (including phenoxy) is 1. The van der Waals surface area contributed by atoms with Crippen LogP contribution in [0.15, 0.2) is 18.2 Å². The number of likely N-dealkylation sites (N-methyl/N-ethyl adjacent to an activating group) is 1. The highest BCUT2D eigenvalue weighted by Gasteiger charge is 2.29. The molecule has 0 unspecified atom stereocenters. The second-order valence-electron chi connectivity index (χ2n) is 7.41. The van der Waals surface area contributed by atoms with Crippen molar-refractivity contribution < 1.29 is 9.53 Å². The van der Waals surface area contributed by atoms with Gasteiger partial charge >= 0.3 is 0 Å². The Balaban J connectivity index is 0.00000300. The average Bonchev–Trinajstić information content (AvgIpc) is 3.15. The van der Waals surface area contributed by atoms with Gasteiger partial charge in [-0.15, -0.1) is 12.4 Å². The van der Waals surface area contributed by atoms with E-state index < -0.39 is 0 Å². The lowest BCUT2D eigenvalue weighted by molar-refractivity contribution is -0.123. The molecule has 3 rings (SSSR count). The van der Waals surface area contributed by atoms with Gasteiger partial charge in [0.2, 0.25) is 5.91 Å². The quantitative estimate of drug-likeness (QED) is 0.526. The Morgan fingerprint density at radius 1 is 1.14 bits per heavy atom. The molecule has 1 aromatic heterocycles. The Bertz CT molecular complexity index is 773. The van der Waals surface area contributed by atoms with Crippen molar-refractivity contribution in [2.45, 2.75) is 52.9 Å². The summed E-state index contributed by atoms with van der Waals surface area (Å²) in [4.78, 5) is 22.5. The van der Waals surface area contributed by atoms with E-state index >= 15 is 0 Å². The minimum Gasteiger partial charge on any atom is -0.494 e. The number of hydrogen-bond acceptors (Lipinski definition) is 5. The van der Waals surface area contributed by atoms with E-state index in [1.54, 1.807) is 11.3 Å². The van der Waals surface area contributed by atoms with Crippen LogP contribution in [0.1, 0.15) is 52.9 Å². The maximum Gasteiger partial charge on any atom is 0.231 e. The van der Waals surface area contributed by atoms with Crippen LogP contribution in [-0.2, 0) is 4.79 Å². The van der Waals surface area contributed by atoms with Crippen LogP contribution in [-0.4, -0.2) is 48.6 Å². The summed E-state index contributed by atoms with van der Waals surface area (Å²) < 4.78 is 6.70. The van der Waals surface area contributed by atoms with Crippen LogP contribution in [0.4, 0.5) is 5.13 Å². The predicted octanol–water partition coefficient (Wildman–Crippen LogP) is 5.37. The van der Waals surface area contributed by atoms with Gasteiger partial charge < -0.3 is 9.64 Å². The van der Waals surface area contributed by atoms with E-state index in [4.69, 9.17) is 9.72 Å². The largest absolute Gasteiger partial charge is 0.494 e. The number of thiazole rings is 1. The van der Waals surface area contributed by atoms with Gasteiger partial charge in [-0.1, -0.05) is 44.4 Å². The van der Waals surface area contributed by atoms with Crippen molar-refractivity contribution in [2.75, 3.05) is 37.7 Å². The van der Waals surface area contributed by atoms with Crippen molar-refractivity contribution in [1.29, 1.82) is 0 Å². The molecule has 1 saturated carbocycles. The molecule has 162 valence electrons. The molecule has 1 heterocycles. The Hall–Kier alpha value is -1.37. The number of fused-ring (bicyclic) bond motifs is 1. The topological polar surface area (TPSA) is 45.7 Å². The zero-order chi connectivity index (χ0) is 19.9. The maximum absolute atomic E-state index is 13.4. The van der Waals surface area contributed by atoms with E-state index in [0.717, 1.165) is 66.4 Å². The van der Waals surface area contributed by atoms with Gasteiger partial charge in [-0.05, 0) is 51.1 Å². The lowest BCUT2D eigenvalue weighted by atomic mass is 9.88. The number of hydrogen-bond donors (Lipinski definition) is 0. The first-order valence-corrected chi connectivity index (χ1v) is 11.5. The predicted molar refractivity (Wildman–Crippen MR) is 125 cm³/mol. The summed E-state index contributed by atoms with van der Waals surface area (Å²) in [5, 5.41) is 0.825. The van der Waals surface area contributed by atoms with Crippen molar-refractivity contribution in [3.63, 3.8) is 0 Å². The van der Waals surface area contributed by atoms with E-state index in [1.165, 1.54) is 6.42 Å². The highest BCUT2D eigenvalue weighted by molar-refractivity contribution is 7.22. The fourth-order valence-electron chi connectivity index (χ4n) is 3.92. The number of amides is 1. The molecule has 29 heavy (non-hydrogen) atoms. The zero-order valence-electron chi connectivity index (χ0n) is 17.9. The lowest BCUT2D eigenvalue weighted by Crippen LogP contribution is -2.42. The molecule has 1 aromatic carbocycles. The highest BCUT2D eigenvalue weighted by atomic mass is 35.5. The molecule has 1 aliphatic carbocycles. The van der Waals surface area contributed by atoms with Gasteiger partial charge in [-0.3, -0.25) is 9.69 Å². The molecule has 0 N–H and O–H groups in total. The lowest BCUT2D eigenvalue weighted by Gasteiger charge is -2.29. The Kier molecular flexibility index (Phi) is 9.66.